The second-order valence-electron chi connectivity index (χ2n) is 13.7. The van der Waals surface area contributed by atoms with Crippen molar-refractivity contribution in [1.82, 2.24) is 0 Å². The van der Waals surface area contributed by atoms with Crippen LogP contribution in [-0.4, -0.2) is 0 Å². The van der Waals surface area contributed by atoms with Gasteiger partial charge in [0.25, 0.3) is 0 Å². The van der Waals surface area contributed by atoms with Gasteiger partial charge in [0.1, 0.15) is 0 Å². The van der Waals surface area contributed by atoms with Gasteiger partial charge in [0.05, 0.1) is 0 Å². The van der Waals surface area contributed by atoms with Crippen molar-refractivity contribution in [2.24, 2.45) is 0 Å². The number of anilines is 3. The summed E-state index contributed by atoms with van der Waals surface area (Å²) in [5.74, 6) is 0. The molecular formula is C49H37N. The van der Waals surface area contributed by atoms with Crippen molar-refractivity contribution in [3.8, 4) is 44.5 Å². The second kappa shape index (κ2) is 12.1. The Morgan fingerprint density at radius 3 is 1.40 bits per heavy atom. The number of nitrogens with zero attached hydrogens (tertiary/aromatic N) is 1. The average molecular weight is 640 g/mol. The molecular weight excluding hydrogens is 603 g/mol. The van der Waals surface area contributed by atoms with Crippen LogP contribution in [0.3, 0.4) is 0 Å². The number of hydrogen-bond acceptors (Lipinski definition) is 1. The summed E-state index contributed by atoms with van der Waals surface area (Å²) in [7, 11) is 0. The molecule has 0 aromatic heterocycles. The number of hydrogen-bond donors (Lipinski definition) is 0. The SMILES string of the molecule is CC1(C)c2ccccc2-c2c(-c3ccccc3)c(-c3ccc(-c4ccc(N(c5ccccc5)c5ccccc5)cc4)cc3)c3ccccc3c21. The third kappa shape index (κ3) is 4.85. The summed E-state index contributed by atoms with van der Waals surface area (Å²) in [4.78, 5) is 2.30. The molecule has 0 amide bonds. The summed E-state index contributed by atoms with van der Waals surface area (Å²) in [6.45, 7) is 4.77. The quantitative estimate of drug-likeness (QED) is 0.175. The van der Waals surface area contributed by atoms with Crippen LogP contribution in [0.1, 0.15) is 25.0 Å². The van der Waals surface area contributed by atoms with Gasteiger partial charge in [0.15, 0.2) is 0 Å². The molecule has 0 atom stereocenters. The average Bonchev–Trinajstić information content (AvgIpc) is 3.42. The van der Waals surface area contributed by atoms with Crippen LogP contribution in [0.2, 0.25) is 0 Å². The Morgan fingerprint density at radius 1 is 0.340 bits per heavy atom. The van der Waals surface area contributed by atoms with E-state index in [0.717, 1.165) is 17.1 Å². The normalized spacial score (nSPS) is 12.8. The van der Waals surface area contributed by atoms with Crippen LogP contribution in [0.5, 0.6) is 0 Å². The van der Waals surface area contributed by atoms with Crippen molar-refractivity contribution < 1.29 is 0 Å². The highest BCUT2D eigenvalue weighted by Crippen LogP contribution is 2.57. The van der Waals surface area contributed by atoms with Gasteiger partial charge in [-0.1, -0.05) is 166 Å². The minimum Gasteiger partial charge on any atom is -0.311 e. The van der Waals surface area contributed by atoms with Gasteiger partial charge >= 0.3 is 0 Å². The highest BCUT2D eigenvalue weighted by Gasteiger charge is 2.39. The molecule has 8 aromatic carbocycles. The number of rotatable bonds is 6. The zero-order valence-electron chi connectivity index (χ0n) is 28.3. The molecule has 0 heterocycles. The maximum absolute atomic E-state index is 2.39. The molecule has 0 saturated heterocycles. The molecule has 0 spiro atoms. The van der Waals surface area contributed by atoms with E-state index in [4.69, 9.17) is 0 Å². The predicted molar refractivity (Wildman–Crippen MR) is 213 cm³/mol. The topological polar surface area (TPSA) is 3.24 Å². The predicted octanol–water partition coefficient (Wildman–Crippen LogP) is 13.6. The molecule has 0 saturated carbocycles. The number of fused-ring (bicyclic) bond motifs is 5. The molecule has 50 heavy (non-hydrogen) atoms. The van der Waals surface area contributed by atoms with Gasteiger partial charge in [-0.3, -0.25) is 0 Å². The lowest BCUT2D eigenvalue weighted by Crippen LogP contribution is -2.15. The van der Waals surface area contributed by atoms with Crippen molar-refractivity contribution in [3.05, 3.63) is 199 Å². The van der Waals surface area contributed by atoms with Crippen LogP contribution in [0.15, 0.2) is 188 Å². The van der Waals surface area contributed by atoms with E-state index >= 15 is 0 Å². The number of para-hydroxylation sites is 2. The smallest absolute Gasteiger partial charge is 0.0462 e. The lowest BCUT2D eigenvalue weighted by Gasteiger charge is -2.26. The maximum atomic E-state index is 2.39. The highest BCUT2D eigenvalue weighted by molar-refractivity contribution is 6.14. The molecule has 0 fully saturated rings. The third-order valence-corrected chi connectivity index (χ3v) is 10.4. The van der Waals surface area contributed by atoms with Gasteiger partial charge in [-0.15, -0.1) is 0 Å². The minimum absolute atomic E-state index is 0.111. The van der Waals surface area contributed by atoms with Crippen LogP contribution in [0.4, 0.5) is 17.1 Å². The van der Waals surface area contributed by atoms with Crippen molar-refractivity contribution in [3.63, 3.8) is 0 Å². The fraction of sp³-hybridized carbons (Fsp3) is 0.0612. The van der Waals surface area contributed by atoms with Crippen molar-refractivity contribution >= 4 is 27.8 Å². The lowest BCUT2D eigenvalue weighted by atomic mass is 9.77. The Morgan fingerprint density at radius 2 is 0.780 bits per heavy atom. The summed E-state index contributed by atoms with van der Waals surface area (Å²) in [5, 5.41) is 2.63. The zero-order chi connectivity index (χ0) is 33.7. The molecule has 1 aliphatic carbocycles. The largest absolute Gasteiger partial charge is 0.311 e. The summed E-state index contributed by atoms with van der Waals surface area (Å²) in [6, 6.07) is 68.3. The summed E-state index contributed by atoms with van der Waals surface area (Å²) >= 11 is 0. The molecule has 1 aliphatic rings. The Hall–Kier alpha value is -6.18. The molecule has 0 aliphatic heterocycles. The molecule has 0 unspecified atom stereocenters. The molecule has 0 bridgehead atoms. The summed E-state index contributed by atoms with van der Waals surface area (Å²) in [6.07, 6.45) is 0. The van der Waals surface area contributed by atoms with Gasteiger partial charge in [0.2, 0.25) is 0 Å². The Bertz CT molecular complexity index is 2420. The van der Waals surface area contributed by atoms with E-state index in [1.165, 1.54) is 66.4 Å². The first-order valence-electron chi connectivity index (χ1n) is 17.5. The molecule has 1 heteroatoms. The van der Waals surface area contributed by atoms with E-state index in [9.17, 15) is 0 Å². The molecule has 8 aromatic rings. The molecule has 0 N–H and O–H groups in total. The van der Waals surface area contributed by atoms with Gasteiger partial charge < -0.3 is 4.90 Å². The number of benzene rings is 8. The van der Waals surface area contributed by atoms with E-state index in [-0.39, 0.29) is 5.41 Å². The van der Waals surface area contributed by atoms with Gasteiger partial charge in [-0.05, 0) is 103 Å². The zero-order valence-corrected chi connectivity index (χ0v) is 28.3. The maximum Gasteiger partial charge on any atom is 0.0462 e. The van der Waals surface area contributed by atoms with E-state index in [1.54, 1.807) is 0 Å². The van der Waals surface area contributed by atoms with Crippen LogP contribution in [0, 0.1) is 0 Å². The Labute approximate surface area is 294 Å². The fourth-order valence-corrected chi connectivity index (χ4v) is 8.16. The van der Waals surface area contributed by atoms with Crippen LogP contribution >= 0.6 is 0 Å². The monoisotopic (exact) mass is 639 g/mol. The summed E-state index contributed by atoms with van der Waals surface area (Å²) < 4.78 is 0. The molecule has 238 valence electrons. The van der Waals surface area contributed by atoms with Crippen molar-refractivity contribution in [1.29, 1.82) is 0 Å². The van der Waals surface area contributed by atoms with Crippen LogP contribution in [0.25, 0.3) is 55.3 Å². The van der Waals surface area contributed by atoms with E-state index in [1.807, 2.05) is 0 Å². The van der Waals surface area contributed by atoms with Gasteiger partial charge in [0, 0.05) is 22.5 Å². The Balaban J connectivity index is 1.18. The van der Waals surface area contributed by atoms with E-state index in [2.05, 4.69) is 207 Å². The molecule has 1 nitrogen and oxygen atoms in total. The fourth-order valence-electron chi connectivity index (χ4n) is 8.16. The standard InChI is InChI=1S/C49H37N/c1-49(2)44-25-15-14-24-43(44)47-46(36-16-6-3-7-17-36)45(41-22-12-13-23-42(41)48(47)49)37-28-26-34(27-29-37)35-30-32-40(33-31-35)50(38-18-8-4-9-19-38)39-20-10-5-11-21-39/h3-33H,1-2H3. The lowest BCUT2D eigenvalue weighted by molar-refractivity contribution is 0.666. The molecule has 0 radical (unpaired) electrons. The molecule has 9 rings (SSSR count). The summed E-state index contributed by atoms with van der Waals surface area (Å²) in [5.41, 5.74) is 16.3. The van der Waals surface area contributed by atoms with E-state index in [0.29, 0.717) is 0 Å². The first-order chi connectivity index (χ1) is 24.6. The van der Waals surface area contributed by atoms with Crippen molar-refractivity contribution in [2.75, 3.05) is 4.90 Å². The van der Waals surface area contributed by atoms with Gasteiger partial charge in [-0.25, -0.2) is 0 Å². The van der Waals surface area contributed by atoms with Crippen LogP contribution < -0.4 is 4.90 Å². The van der Waals surface area contributed by atoms with Crippen LogP contribution in [-0.2, 0) is 5.41 Å². The highest BCUT2D eigenvalue weighted by atomic mass is 15.1. The third-order valence-electron chi connectivity index (χ3n) is 10.4. The first kappa shape index (κ1) is 29.9. The van der Waals surface area contributed by atoms with Crippen molar-refractivity contribution in [2.45, 2.75) is 19.3 Å². The second-order valence-corrected chi connectivity index (χ2v) is 13.7. The minimum atomic E-state index is -0.111. The van der Waals surface area contributed by atoms with Gasteiger partial charge in [-0.2, -0.15) is 0 Å². The first-order valence-corrected chi connectivity index (χ1v) is 17.5. The van der Waals surface area contributed by atoms with E-state index < -0.39 is 0 Å². The Kier molecular flexibility index (Phi) is 7.21.